The summed E-state index contributed by atoms with van der Waals surface area (Å²) in [5, 5.41) is 12.8. The van der Waals surface area contributed by atoms with E-state index in [9.17, 15) is 23.7 Å². The van der Waals surface area contributed by atoms with Crippen molar-refractivity contribution in [1.29, 1.82) is 0 Å². The summed E-state index contributed by atoms with van der Waals surface area (Å²) in [7, 11) is 0. The number of hydrogen-bond acceptors (Lipinski definition) is 3. The minimum atomic E-state index is -1.39. The van der Waals surface area contributed by atoms with Gasteiger partial charge in [-0.25, -0.2) is 8.78 Å². The molecule has 0 saturated carbocycles. The largest absolute Gasteiger partial charge is 0.345 e. The van der Waals surface area contributed by atoms with E-state index in [0.717, 1.165) is 0 Å². The molecule has 8 heteroatoms. The minimum Gasteiger partial charge on any atom is -0.345 e. The van der Waals surface area contributed by atoms with E-state index in [-0.39, 0.29) is 0 Å². The van der Waals surface area contributed by atoms with Gasteiger partial charge in [-0.05, 0) is 26.8 Å². The molecule has 0 spiro atoms. The molecule has 0 aliphatic heterocycles. The van der Waals surface area contributed by atoms with Gasteiger partial charge in [0, 0.05) is 0 Å². The van der Waals surface area contributed by atoms with Gasteiger partial charge in [-0.1, -0.05) is 0 Å². The number of carbonyl (C=O) groups excluding carboxylic acids is 1. The van der Waals surface area contributed by atoms with Crippen molar-refractivity contribution in [3.8, 4) is 0 Å². The first-order valence-corrected chi connectivity index (χ1v) is 6.10. The van der Waals surface area contributed by atoms with E-state index in [0.29, 0.717) is 12.1 Å². The van der Waals surface area contributed by atoms with Gasteiger partial charge in [0.1, 0.15) is 5.56 Å². The standard InChI is InChI=1S/C12H13ClF2N2O3/c1-6(13)12(2,3)16-11(18)7-4-8(14)9(15)5-10(7)17(19)20/h4-6H,1-3H3,(H,16,18). The summed E-state index contributed by atoms with van der Waals surface area (Å²) >= 11 is 5.88. The maximum atomic E-state index is 13.2. The van der Waals surface area contributed by atoms with Crippen molar-refractivity contribution in [2.75, 3.05) is 0 Å². The molecule has 20 heavy (non-hydrogen) atoms. The molecule has 5 nitrogen and oxygen atoms in total. The number of nitro benzene ring substituents is 1. The van der Waals surface area contributed by atoms with Gasteiger partial charge in [0.15, 0.2) is 11.6 Å². The fourth-order valence-electron chi connectivity index (χ4n) is 1.33. The van der Waals surface area contributed by atoms with Crippen LogP contribution in [0.1, 0.15) is 31.1 Å². The third-order valence-electron chi connectivity index (χ3n) is 2.91. The second-order valence-corrected chi connectivity index (χ2v) is 5.49. The van der Waals surface area contributed by atoms with Crippen LogP contribution in [0.3, 0.4) is 0 Å². The average Bonchev–Trinajstić information content (AvgIpc) is 2.30. The molecule has 1 N–H and O–H groups in total. The van der Waals surface area contributed by atoms with Crippen LogP contribution < -0.4 is 5.32 Å². The van der Waals surface area contributed by atoms with Crippen molar-refractivity contribution < 1.29 is 18.5 Å². The first kappa shape index (κ1) is 16.3. The number of nitrogens with zero attached hydrogens (tertiary/aromatic N) is 1. The molecule has 0 heterocycles. The summed E-state index contributed by atoms with van der Waals surface area (Å²) in [4.78, 5) is 21.8. The summed E-state index contributed by atoms with van der Waals surface area (Å²) < 4.78 is 26.2. The molecule has 1 aromatic rings. The Morgan fingerprint density at radius 1 is 1.40 bits per heavy atom. The quantitative estimate of drug-likeness (QED) is 0.528. The summed E-state index contributed by atoms with van der Waals surface area (Å²) in [6, 6.07) is 0.874. The molecular formula is C12H13ClF2N2O3. The minimum absolute atomic E-state index is 0.376. The number of hydrogen-bond donors (Lipinski definition) is 1. The highest BCUT2D eigenvalue weighted by atomic mass is 35.5. The van der Waals surface area contributed by atoms with Crippen molar-refractivity contribution in [2.45, 2.75) is 31.7 Å². The molecule has 0 fully saturated rings. The molecule has 1 aromatic carbocycles. The molecule has 1 unspecified atom stereocenters. The predicted molar refractivity (Wildman–Crippen MR) is 69.9 cm³/mol. The van der Waals surface area contributed by atoms with Gasteiger partial charge in [-0.15, -0.1) is 11.6 Å². The van der Waals surface area contributed by atoms with Crippen LogP contribution >= 0.6 is 11.6 Å². The Bertz CT molecular complexity index is 562. The molecule has 0 aliphatic carbocycles. The molecule has 110 valence electrons. The van der Waals surface area contributed by atoms with Crippen LogP contribution in [0.2, 0.25) is 0 Å². The Morgan fingerprint density at radius 2 is 1.90 bits per heavy atom. The van der Waals surface area contributed by atoms with E-state index in [1.165, 1.54) is 0 Å². The number of nitrogens with one attached hydrogen (secondary N) is 1. The molecule has 0 aliphatic rings. The lowest BCUT2D eigenvalue weighted by molar-refractivity contribution is -0.385. The number of benzene rings is 1. The van der Waals surface area contributed by atoms with E-state index >= 15 is 0 Å². The maximum Gasteiger partial charge on any atom is 0.285 e. The molecular weight excluding hydrogens is 294 g/mol. The first-order chi connectivity index (χ1) is 9.06. The fourth-order valence-corrected chi connectivity index (χ4v) is 1.38. The SMILES string of the molecule is CC(Cl)C(C)(C)NC(=O)c1cc(F)c(F)cc1[N+](=O)[O-]. The zero-order chi connectivity index (χ0) is 15.7. The third-order valence-corrected chi connectivity index (χ3v) is 3.46. The molecule has 0 aromatic heterocycles. The number of alkyl halides is 1. The highest BCUT2D eigenvalue weighted by molar-refractivity contribution is 6.21. The van der Waals surface area contributed by atoms with Gasteiger partial charge in [0.25, 0.3) is 11.6 Å². The lowest BCUT2D eigenvalue weighted by Gasteiger charge is -2.28. The lowest BCUT2D eigenvalue weighted by atomic mass is 10.0. The second kappa shape index (κ2) is 5.70. The van der Waals surface area contributed by atoms with Crippen LogP contribution in [0.5, 0.6) is 0 Å². The van der Waals surface area contributed by atoms with E-state index in [2.05, 4.69) is 5.32 Å². The fraction of sp³-hybridized carbons (Fsp3) is 0.417. The number of nitro groups is 1. The number of halogens is 3. The van der Waals surface area contributed by atoms with Gasteiger partial charge >= 0.3 is 0 Å². The number of amides is 1. The Hall–Kier alpha value is -1.76. The monoisotopic (exact) mass is 306 g/mol. The molecule has 0 saturated heterocycles. The Morgan fingerprint density at radius 3 is 2.35 bits per heavy atom. The van der Waals surface area contributed by atoms with E-state index in [4.69, 9.17) is 11.6 Å². The van der Waals surface area contributed by atoms with Crippen molar-refractivity contribution in [2.24, 2.45) is 0 Å². The molecule has 0 radical (unpaired) electrons. The average molecular weight is 307 g/mol. The van der Waals surface area contributed by atoms with E-state index < -0.39 is 44.6 Å². The zero-order valence-electron chi connectivity index (χ0n) is 11.0. The van der Waals surface area contributed by atoms with Crippen molar-refractivity contribution in [3.63, 3.8) is 0 Å². The Labute approximate surface area is 119 Å². The second-order valence-electron chi connectivity index (χ2n) is 4.83. The Kier molecular flexibility index (Phi) is 4.65. The van der Waals surface area contributed by atoms with E-state index in [1.54, 1.807) is 20.8 Å². The van der Waals surface area contributed by atoms with Gasteiger partial charge in [-0.3, -0.25) is 14.9 Å². The lowest BCUT2D eigenvalue weighted by Crippen LogP contribution is -2.49. The van der Waals surface area contributed by atoms with Crippen molar-refractivity contribution in [3.05, 3.63) is 39.4 Å². The maximum absolute atomic E-state index is 13.2. The van der Waals surface area contributed by atoms with Crippen molar-refractivity contribution in [1.82, 2.24) is 5.32 Å². The predicted octanol–water partition coefficient (Wildman–Crippen LogP) is 3.01. The number of carbonyl (C=O) groups is 1. The van der Waals surface area contributed by atoms with Crippen LogP contribution in [-0.4, -0.2) is 21.7 Å². The van der Waals surface area contributed by atoms with E-state index in [1.807, 2.05) is 0 Å². The summed E-state index contributed by atoms with van der Waals surface area (Å²) in [6.45, 7) is 4.84. The van der Waals surface area contributed by atoms with Gasteiger partial charge < -0.3 is 5.32 Å². The van der Waals surface area contributed by atoms with Crippen LogP contribution in [0, 0.1) is 21.7 Å². The number of rotatable bonds is 4. The van der Waals surface area contributed by atoms with Crippen molar-refractivity contribution >= 4 is 23.2 Å². The van der Waals surface area contributed by atoms with Gasteiger partial charge in [0.05, 0.1) is 21.9 Å². The summed E-state index contributed by atoms with van der Waals surface area (Å²) in [6.07, 6.45) is 0. The first-order valence-electron chi connectivity index (χ1n) is 5.66. The zero-order valence-corrected chi connectivity index (χ0v) is 11.8. The normalized spacial score (nSPS) is 12.9. The molecule has 1 amide bonds. The third kappa shape index (κ3) is 3.41. The topological polar surface area (TPSA) is 72.2 Å². The van der Waals surface area contributed by atoms with Crippen LogP contribution in [0.25, 0.3) is 0 Å². The smallest absolute Gasteiger partial charge is 0.285 e. The van der Waals surface area contributed by atoms with Gasteiger partial charge in [0.2, 0.25) is 0 Å². The molecule has 1 rings (SSSR count). The summed E-state index contributed by atoms with van der Waals surface area (Å²) in [5.74, 6) is -3.62. The Balaban J connectivity index is 3.22. The van der Waals surface area contributed by atoms with Gasteiger partial charge in [-0.2, -0.15) is 0 Å². The van der Waals surface area contributed by atoms with Crippen LogP contribution in [-0.2, 0) is 0 Å². The highest BCUT2D eigenvalue weighted by Crippen LogP contribution is 2.24. The van der Waals surface area contributed by atoms with Crippen LogP contribution in [0.15, 0.2) is 12.1 Å². The summed E-state index contributed by atoms with van der Waals surface area (Å²) in [5.41, 5.74) is -2.24. The van der Waals surface area contributed by atoms with Crippen LogP contribution in [0.4, 0.5) is 14.5 Å². The molecule has 1 atom stereocenters. The highest BCUT2D eigenvalue weighted by Gasteiger charge is 2.30. The molecule has 0 bridgehead atoms.